The minimum Gasteiger partial charge on any atom is -0.481 e. The number of rotatable bonds is 6. The summed E-state index contributed by atoms with van der Waals surface area (Å²) in [6.45, 7) is 0.738. The van der Waals surface area contributed by atoms with Crippen molar-refractivity contribution in [3.63, 3.8) is 0 Å². The van der Waals surface area contributed by atoms with Crippen molar-refractivity contribution < 1.29 is 31.8 Å². The lowest BCUT2D eigenvalue weighted by Crippen LogP contribution is -2.31. The van der Waals surface area contributed by atoms with Crippen molar-refractivity contribution in [3.05, 3.63) is 82.2 Å². The molecule has 3 aromatic heterocycles. The molecule has 0 fully saturated rings. The third-order valence-corrected chi connectivity index (χ3v) is 6.17. The van der Waals surface area contributed by atoms with E-state index in [0.29, 0.717) is 5.52 Å². The van der Waals surface area contributed by atoms with Crippen LogP contribution in [0.1, 0.15) is 35.0 Å². The van der Waals surface area contributed by atoms with Gasteiger partial charge in [-0.25, -0.2) is 18.7 Å². The highest BCUT2D eigenvalue weighted by atomic mass is 35.5. The average Bonchev–Trinajstić information content (AvgIpc) is 3.25. The van der Waals surface area contributed by atoms with Crippen LogP contribution in [0.2, 0.25) is 5.02 Å². The van der Waals surface area contributed by atoms with E-state index in [4.69, 9.17) is 16.3 Å². The topological polar surface area (TPSA) is 73.1 Å². The predicted molar refractivity (Wildman–Crippen MR) is 122 cm³/mol. The number of fused-ring (bicyclic) bond motifs is 1. The van der Waals surface area contributed by atoms with Gasteiger partial charge in [0.05, 0.1) is 35.9 Å². The van der Waals surface area contributed by atoms with Gasteiger partial charge >= 0.3 is 6.18 Å². The molecule has 0 aliphatic heterocycles. The van der Waals surface area contributed by atoms with Gasteiger partial charge in [-0.15, -0.1) is 0 Å². The molecular formula is C24H20ClF5N4O2. The van der Waals surface area contributed by atoms with E-state index in [-0.39, 0.29) is 38.7 Å². The smallest absolute Gasteiger partial charge is 0.433 e. The molecule has 12 heteroatoms. The van der Waals surface area contributed by atoms with Crippen molar-refractivity contribution >= 4 is 22.5 Å². The van der Waals surface area contributed by atoms with Crippen molar-refractivity contribution in [3.8, 4) is 5.88 Å². The number of alkyl halides is 5. The van der Waals surface area contributed by atoms with Crippen molar-refractivity contribution in [2.24, 2.45) is 7.05 Å². The van der Waals surface area contributed by atoms with Crippen LogP contribution in [0.3, 0.4) is 0 Å². The number of hydrogen-bond acceptors (Lipinski definition) is 5. The fourth-order valence-corrected chi connectivity index (χ4v) is 4.34. The molecule has 0 aliphatic rings. The number of aromatic nitrogens is 4. The van der Waals surface area contributed by atoms with Crippen molar-refractivity contribution in [2.75, 3.05) is 7.11 Å². The summed E-state index contributed by atoms with van der Waals surface area (Å²) in [6, 6.07) is 6.34. The molecule has 0 bridgehead atoms. The third kappa shape index (κ3) is 4.60. The Bertz CT molecular complexity index is 1420. The quantitative estimate of drug-likeness (QED) is 0.335. The Morgan fingerprint density at radius 1 is 1.06 bits per heavy atom. The van der Waals surface area contributed by atoms with Crippen LogP contribution in [0, 0.1) is 0 Å². The monoisotopic (exact) mass is 526 g/mol. The molecule has 36 heavy (non-hydrogen) atoms. The molecule has 190 valence electrons. The van der Waals surface area contributed by atoms with E-state index >= 15 is 0 Å². The van der Waals surface area contributed by atoms with Gasteiger partial charge in [0, 0.05) is 36.2 Å². The van der Waals surface area contributed by atoms with Gasteiger partial charge in [-0.3, -0.25) is 4.98 Å². The summed E-state index contributed by atoms with van der Waals surface area (Å²) in [5.41, 5.74) is -2.42. The molecule has 0 aliphatic carbocycles. The van der Waals surface area contributed by atoms with Gasteiger partial charge in [0.1, 0.15) is 5.69 Å². The first kappa shape index (κ1) is 25.8. The number of aryl methyl sites for hydroxylation is 1. The minimum atomic E-state index is -4.66. The van der Waals surface area contributed by atoms with Crippen LogP contribution in [-0.2, 0) is 25.2 Å². The Kier molecular flexibility index (Phi) is 6.42. The minimum absolute atomic E-state index is 0.0170. The molecule has 4 aromatic rings. The maximum atomic E-state index is 13.9. The van der Waals surface area contributed by atoms with Crippen molar-refractivity contribution in [1.82, 2.24) is 19.5 Å². The highest BCUT2D eigenvalue weighted by Gasteiger charge is 2.39. The maximum absolute atomic E-state index is 13.9. The first-order chi connectivity index (χ1) is 16.8. The number of methoxy groups -OCH3 is 1. The van der Waals surface area contributed by atoms with Gasteiger partial charge in [0.2, 0.25) is 11.8 Å². The molecule has 0 amide bonds. The molecule has 0 spiro atoms. The van der Waals surface area contributed by atoms with Gasteiger partial charge in [0.25, 0.3) is 0 Å². The SMILES string of the molecule is COc1nc2ccc(C(O)(c3ccc(C(F)(F)F)nc3)c3cncn3C)cc2c(Cl)c1CC(C)(F)F. The van der Waals surface area contributed by atoms with Crippen molar-refractivity contribution in [1.29, 1.82) is 0 Å². The maximum Gasteiger partial charge on any atom is 0.433 e. The third-order valence-electron chi connectivity index (χ3n) is 5.74. The van der Waals surface area contributed by atoms with Gasteiger partial charge in [-0.1, -0.05) is 23.7 Å². The number of halogens is 6. The van der Waals surface area contributed by atoms with Gasteiger partial charge < -0.3 is 14.4 Å². The summed E-state index contributed by atoms with van der Waals surface area (Å²) in [7, 11) is 2.89. The van der Waals surface area contributed by atoms with Crippen LogP contribution in [0.5, 0.6) is 5.88 Å². The number of imidazole rings is 1. The molecule has 1 unspecified atom stereocenters. The second kappa shape index (κ2) is 8.97. The van der Waals surface area contributed by atoms with Gasteiger partial charge in [0.15, 0.2) is 5.60 Å². The van der Waals surface area contributed by atoms with E-state index in [9.17, 15) is 27.1 Å². The lowest BCUT2D eigenvalue weighted by molar-refractivity contribution is -0.141. The molecule has 1 N–H and O–H groups in total. The molecule has 4 rings (SSSR count). The fourth-order valence-electron chi connectivity index (χ4n) is 4.04. The highest BCUT2D eigenvalue weighted by molar-refractivity contribution is 6.36. The van der Waals surface area contributed by atoms with Crippen molar-refractivity contribution in [2.45, 2.75) is 31.0 Å². The zero-order chi connectivity index (χ0) is 26.5. The van der Waals surface area contributed by atoms with Crippen LogP contribution >= 0.6 is 11.6 Å². The lowest BCUT2D eigenvalue weighted by atomic mass is 9.83. The average molecular weight is 527 g/mol. The molecule has 1 atom stereocenters. The van der Waals surface area contributed by atoms with E-state index < -0.39 is 29.8 Å². The number of aliphatic hydroxyl groups is 1. The van der Waals surface area contributed by atoms with Crippen LogP contribution in [-0.4, -0.2) is 37.7 Å². The first-order valence-corrected chi connectivity index (χ1v) is 10.9. The number of nitrogens with zero attached hydrogens (tertiary/aromatic N) is 4. The predicted octanol–water partition coefficient (Wildman–Crippen LogP) is 5.53. The van der Waals surface area contributed by atoms with E-state index in [1.807, 2.05) is 0 Å². The highest BCUT2D eigenvalue weighted by Crippen LogP contribution is 2.41. The Morgan fingerprint density at radius 3 is 2.28 bits per heavy atom. The summed E-state index contributed by atoms with van der Waals surface area (Å²) >= 11 is 6.54. The second-order valence-corrected chi connectivity index (χ2v) is 8.80. The zero-order valence-corrected chi connectivity index (χ0v) is 20.0. The largest absolute Gasteiger partial charge is 0.481 e. The van der Waals surface area contributed by atoms with Crippen LogP contribution in [0.25, 0.3) is 10.9 Å². The van der Waals surface area contributed by atoms with E-state index in [1.165, 1.54) is 42.4 Å². The zero-order valence-electron chi connectivity index (χ0n) is 19.2. The molecular weight excluding hydrogens is 507 g/mol. The van der Waals surface area contributed by atoms with E-state index in [2.05, 4.69) is 15.0 Å². The molecule has 0 radical (unpaired) electrons. The number of hydrogen-bond donors (Lipinski definition) is 1. The summed E-state index contributed by atoms with van der Waals surface area (Å²) in [5, 5.41) is 12.2. The Balaban J connectivity index is 1.96. The fraction of sp³-hybridized carbons (Fsp3) is 0.292. The van der Waals surface area contributed by atoms with E-state index in [0.717, 1.165) is 25.3 Å². The Hall–Kier alpha value is -3.31. The van der Waals surface area contributed by atoms with Crippen LogP contribution < -0.4 is 4.74 Å². The lowest BCUT2D eigenvalue weighted by Gasteiger charge is -2.30. The molecule has 6 nitrogen and oxygen atoms in total. The number of benzene rings is 1. The second-order valence-electron chi connectivity index (χ2n) is 8.42. The number of ether oxygens (including phenoxy) is 1. The molecule has 3 heterocycles. The summed E-state index contributed by atoms with van der Waals surface area (Å²) < 4.78 is 73.7. The standard InChI is InChI=1S/C24H20ClF5N4O2/c1-22(26,27)9-16-20(25)15-8-13(4-6-17(15)33-21(16)36-3)23(35,19-11-31-12-34(19)2)14-5-7-18(32-10-14)24(28,29)30/h4-8,10-12,35H,9H2,1-3H3. The Morgan fingerprint density at radius 2 is 1.75 bits per heavy atom. The van der Waals surface area contributed by atoms with Crippen LogP contribution in [0.4, 0.5) is 22.0 Å². The first-order valence-electron chi connectivity index (χ1n) is 10.5. The summed E-state index contributed by atoms with van der Waals surface area (Å²) in [6.07, 6.45) is -1.70. The normalized spacial score (nSPS) is 14.2. The molecule has 0 saturated heterocycles. The van der Waals surface area contributed by atoms with Crippen LogP contribution in [0.15, 0.2) is 49.1 Å². The van der Waals surface area contributed by atoms with Gasteiger partial charge in [-0.2, -0.15) is 13.2 Å². The summed E-state index contributed by atoms with van der Waals surface area (Å²) in [5.74, 6) is -3.17. The van der Waals surface area contributed by atoms with E-state index in [1.54, 1.807) is 7.05 Å². The number of pyridine rings is 2. The van der Waals surface area contributed by atoms with Gasteiger partial charge in [-0.05, 0) is 30.7 Å². The molecule has 0 saturated carbocycles. The Labute approximate surface area is 207 Å². The summed E-state index contributed by atoms with van der Waals surface area (Å²) in [4.78, 5) is 11.8. The molecule has 1 aromatic carbocycles.